The molecule has 1 aromatic heterocycles. The number of nitro groups is 1. The number of nitrogens with one attached hydrogen (secondary N) is 2. The molecule has 4 N–H and O–H groups in total. The predicted octanol–water partition coefficient (Wildman–Crippen LogP) is -0.405. The Labute approximate surface area is 109 Å². The van der Waals surface area contributed by atoms with Gasteiger partial charge in [-0.25, -0.2) is 0 Å². The highest BCUT2D eigenvalue weighted by Gasteiger charge is 2.26. The van der Waals surface area contributed by atoms with E-state index in [4.69, 9.17) is 0 Å². The molecule has 0 radical (unpaired) electrons. The number of rotatable bonds is 6. The first-order valence-corrected chi connectivity index (χ1v) is 5.77. The number of H-pyrrole nitrogens is 1. The van der Waals surface area contributed by atoms with Crippen LogP contribution in [0.1, 0.15) is 23.7 Å². The van der Waals surface area contributed by atoms with Gasteiger partial charge >= 0.3 is 11.2 Å². The molecule has 0 aromatic carbocycles. The van der Waals surface area contributed by atoms with Gasteiger partial charge in [0.25, 0.3) is 0 Å². The largest absolute Gasteiger partial charge is 0.390 e. The molecule has 0 fully saturated rings. The van der Waals surface area contributed by atoms with Gasteiger partial charge in [0.15, 0.2) is 0 Å². The maximum atomic E-state index is 11.3. The van der Waals surface area contributed by atoms with Gasteiger partial charge in [-0.15, -0.1) is 0 Å². The van der Waals surface area contributed by atoms with Crippen LogP contribution >= 0.6 is 0 Å². The molecule has 0 aliphatic carbocycles. The quantitative estimate of drug-likeness (QED) is 0.411. The van der Waals surface area contributed by atoms with Crippen molar-refractivity contribution in [1.82, 2.24) is 10.3 Å². The van der Waals surface area contributed by atoms with Gasteiger partial charge in [-0.2, -0.15) is 0 Å². The van der Waals surface area contributed by atoms with Gasteiger partial charge in [-0.1, -0.05) is 0 Å². The Hall–Kier alpha value is -1.77. The predicted molar refractivity (Wildman–Crippen MR) is 68.0 cm³/mol. The van der Waals surface area contributed by atoms with E-state index in [-0.39, 0.29) is 17.5 Å². The smallest absolute Gasteiger partial charge is 0.337 e. The summed E-state index contributed by atoms with van der Waals surface area (Å²) in [6, 6.07) is 0. The fourth-order valence-electron chi connectivity index (χ4n) is 1.81. The molecule has 0 amide bonds. The van der Waals surface area contributed by atoms with Crippen molar-refractivity contribution in [2.75, 3.05) is 13.6 Å². The Balaban J connectivity index is 3.11. The van der Waals surface area contributed by atoms with Gasteiger partial charge in [0.2, 0.25) is 0 Å². The summed E-state index contributed by atoms with van der Waals surface area (Å²) in [4.78, 5) is 23.5. The lowest BCUT2D eigenvalue weighted by atomic mass is 9.99. The van der Waals surface area contributed by atoms with Gasteiger partial charge in [0.1, 0.15) is 6.10 Å². The zero-order valence-corrected chi connectivity index (χ0v) is 10.7. The second-order valence-corrected chi connectivity index (χ2v) is 4.21. The highest BCUT2D eigenvalue weighted by atomic mass is 16.6. The summed E-state index contributed by atoms with van der Waals surface area (Å²) in [6.45, 7) is 1.86. The van der Waals surface area contributed by atoms with Crippen molar-refractivity contribution in [3.8, 4) is 0 Å². The van der Waals surface area contributed by atoms with Crippen LogP contribution in [0.5, 0.6) is 0 Å². The van der Waals surface area contributed by atoms with Crippen LogP contribution in [0.3, 0.4) is 0 Å². The molecular weight excluding hydrogens is 254 g/mol. The summed E-state index contributed by atoms with van der Waals surface area (Å²) < 4.78 is 0. The normalized spacial score (nSPS) is 14.1. The first-order valence-electron chi connectivity index (χ1n) is 5.77. The maximum absolute atomic E-state index is 11.3. The van der Waals surface area contributed by atoms with Crippen LogP contribution in [0.25, 0.3) is 0 Å². The Morgan fingerprint density at radius 1 is 1.53 bits per heavy atom. The summed E-state index contributed by atoms with van der Waals surface area (Å²) >= 11 is 0. The van der Waals surface area contributed by atoms with Crippen molar-refractivity contribution in [2.24, 2.45) is 0 Å². The van der Waals surface area contributed by atoms with E-state index in [1.54, 1.807) is 7.05 Å². The first kappa shape index (κ1) is 15.3. The molecule has 106 valence electrons. The Bertz CT molecular complexity index is 514. The van der Waals surface area contributed by atoms with E-state index in [9.17, 15) is 25.1 Å². The molecule has 0 saturated carbocycles. The van der Waals surface area contributed by atoms with Crippen LogP contribution in [-0.4, -0.2) is 39.8 Å². The van der Waals surface area contributed by atoms with Crippen molar-refractivity contribution in [3.63, 3.8) is 0 Å². The minimum Gasteiger partial charge on any atom is -0.390 e. The average Bonchev–Trinajstić information content (AvgIpc) is 2.34. The van der Waals surface area contributed by atoms with Crippen molar-refractivity contribution >= 4 is 5.69 Å². The van der Waals surface area contributed by atoms with Crippen molar-refractivity contribution in [3.05, 3.63) is 37.8 Å². The lowest BCUT2D eigenvalue weighted by Crippen LogP contribution is -2.25. The number of hydrogen-bond acceptors (Lipinski definition) is 6. The zero-order valence-electron chi connectivity index (χ0n) is 10.7. The van der Waals surface area contributed by atoms with Crippen molar-refractivity contribution in [1.29, 1.82) is 0 Å². The molecule has 8 nitrogen and oxygen atoms in total. The van der Waals surface area contributed by atoms with E-state index in [1.165, 1.54) is 13.1 Å². The average molecular weight is 271 g/mol. The van der Waals surface area contributed by atoms with Crippen LogP contribution in [0, 0.1) is 17.0 Å². The third kappa shape index (κ3) is 3.37. The van der Waals surface area contributed by atoms with E-state index in [1.807, 2.05) is 0 Å². The van der Waals surface area contributed by atoms with Crippen LogP contribution in [0.15, 0.2) is 11.0 Å². The minimum absolute atomic E-state index is 0.0600. The molecule has 0 bridgehead atoms. The lowest BCUT2D eigenvalue weighted by molar-refractivity contribution is -0.387. The highest BCUT2D eigenvalue weighted by Crippen LogP contribution is 2.25. The van der Waals surface area contributed by atoms with Gasteiger partial charge in [0, 0.05) is 17.3 Å². The molecule has 8 heteroatoms. The number of hydrogen-bond donors (Lipinski definition) is 4. The summed E-state index contributed by atoms with van der Waals surface area (Å²) in [5.74, 6) is 0. The SMILES string of the molecule is CNCCC(O)C(O)c1c[nH]c(=O)c([N+](=O)[O-])c1C. The van der Waals surface area contributed by atoms with Gasteiger partial charge in [0.05, 0.1) is 11.0 Å². The van der Waals surface area contributed by atoms with E-state index in [2.05, 4.69) is 10.3 Å². The maximum Gasteiger partial charge on any atom is 0.337 e. The van der Waals surface area contributed by atoms with E-state index >= 15 is 0 Å². The Morgan fingerprint density at radius 2 is 2.16 bits per heavy atom. The molecule has 0 aliphatic heterocycles. The summed E-state index contributed by atoms with van der Waals surface area (Å²) in [5.41, 5.74) is -1.24. The van der Waals surface area contributed by atoms with Crippen LogP contribution in [0.2, 0.25) is 0 Å². The summed E-state index contributed by atoms with van der Waals surface area (Å²) in [5, 5.41) is 33.4. The highest BCUT2D eigenvalue weighted by molar-refractivity contribution is 5.42. The van der Waals surface area contributed by atoms with E-state index < -0.39 is 28.4 Å². The molecule has 2 unspecified atom stereocenters. The third-order valence-electron chi connectivity index (χ3n) is 2.92. The molecule has 0 saturated heterocycles. The third-order valence-corrected chi connectivity index (χ3v) is 2.92. The Kier molecular flexibility index (Phi) is 5.16. The fraction of sp³-hybridized carbons (Fsp3) is 0.545. The lowest BCUT2D eigenvalue weighted by Gasteiger charge is -2.19. The number of aliphatic hydroxyl groups excluding tert-OH is 2. The monoisotopic (exact) mass is 271 g/mol. The number of aliphatic hydroxyl groups is 2. The van der Waals surface area contributed by atoms with Crippen molar-refractivity contribution < 1.29 is 15.1 Å². The van der Waals surface area contributed by atoms with Crippen molar-refractivity contribution in [2.45, 2.75) is 25.6 Å². The molecule has 19 heavy (non-hydrogen) atoms. The molecular formula is C11H17N3O5. The standard InChI is InChI=1S/C11H17N3O5/c1-6-7(10(16)8(15)3-4-12-2)5-13-11(17)9(6)14(18)19/h5,8,10,12,15-16H,3-4H2,1-2H3,(H,13,17). The number of aromatic amines is 1. The minimum atomic E-state index is -1.29. The molecule has 2 atom stereocenters. The van der Waals surface area contributed by atoms with Crippen LogP contribution < -0.4 is 10.9 Å². The zero-order chi connectivity index (χ0) is 14.6. The van der Waals surface area contributed by atoms with E-state index in [0.717, 1.165) is 0 Å². The molecule has 0 spiro atoms. The van der Waals surface area contributed by atoms with E-state index in [0.29, 0.717) is 6.54 Å². The first-order chi connectivity index (χ1) is 8.90. The summed E-state index contributed by atoms with van der Waals surface area (Å²) in [7, 11) is 1.70. The number of aromatic nitrogens is 1. The molecule has 1 aromatic rings. The second kappa shape index (κ2) is 6.41. The van der Waals surface area contributed by atoms with Crippen LogP contribution in [0.4, 0.5) is 5.69 Å². The van der Waals surface area contributed by atoms with Gasteiger partial charge in [-0.05, 0) is 26.9 Å². The van der Waals surface area contributed by atoms with Crippen LogP contribution in [-0.2, 0) is 0 Å². The molecule has 0 aliphatic rings. The fourth-order valence-corrected chi connectivity index (χ4v) is 1.81. The number of pyridine rings is 1. The number of nitrogens with zero attached hydrogens (tertiary/aromatic N) is 1. The Morgan fingerprint density at radius 3 is 2.68 bits per heavy atom. The van der Waals surface area contributed by atoms with Gasteiger partial charge < -0.3 is 20.5 Å². The molecule has 1 rings (SSSR count). The second-order valence-electron chi connectivity index (χ2n) is 4.21. The summed E-state index contributed by atoms with van der Waals surface area (Å²) in [6.07, 6.45) is -0.886. The van der Waals surface area contributed by atoms with Gasteiger partial charge in [-0.3, -0.25) is 14.9 Å². The topological polar surface area (TPSA) is 128 Å². The molecule has 1 heterocycles.